The third kappa shape index (κ3) is 2.38. The van der Waals surface area contributed by atoms with Gasteiger partial charge in [-0.05, 0) is 49.8 Å². The number of hydrogen-bond acceptors (Lipinski definition) is 2. The highest BCUT2D eigenvalue weighted by Gasteiger charge is 2.43. The van der Waals surface area contributed by atoms with Gasteiger partial charge in [0.15, 0.2) is 0 Å². The van der Waals surface area contributed by atoms with Crippen molar-refractivity contribution in [3.63, 3.8) is 0 Å². The molecule has 0 bridgehead atoms. The van der Waals surface area contributed by atoms with Gasteiger partial charge < -0.3 is 10.4 Å². The zero-order valence-electron chi connectivity index (χ0n) is 10.3. The van der Waals surface area contributed by atoms with Crippen molar-refractivity contribution in [2.24, 2.45) is 0 Å². The van der Waals surface area contributed by atoms with E-state index in [1.54, 1.807) is 0 Å². The van der Waals surface area contributed by atoms with Crippen LogP contribution in [0.1, 0.15) is 43.2 Å². The maximum Gasteiger partial charge on any atom is 0.0901 e. The average molecular weight is 231 g/mol. The van der Waals surface area contributed by atoms with Crippen LogP contribution in [-0.2, 0) is 12.0 Å². The first-order valence-electron chi connectivity index (χ1n) is 6.82. The smallest absolute Gasteiger partial charge is 0.0901 e. The topological polar surface area (TPSA) is 32.3 Å². The zero-order chi connectivity index (χ0) is 11.7. The second-order valence-electron chi connectivity index (χ2n) is 5.54. The van der Waals surface area contributed by atoms with Gasteiger partial charge in [-0.2, -0.15) is 0 Å². The van der Waals surface area contributed by atoms with Gasteiger partial charge in [-0.3, -0.25) is 0 Å². The Morgan fingerprint density at radius 3 is 2.76 bits per heavy atom. The van der Waals surface area contributed by atoms with Crippen molar-refractivity contribution in [1.82, 2.24) is 5.32 Å². The van der Waals surface area contributed by atoms with Crippen LogP contribution in [0.2, 0.25) is 0 Å². The van der Waals surface area contributed by atoms with Crippen LogP contribution in [0, 0.1) is 0 Å². The van der Waals surface area contributed by atoms with Crippen molar-refractivity contribution in [2.45, 2.75) is 50.2 Å². The largest absolute Gasteiger partial charge is 0.385 e. The van der Waals surface area contributed by atoms with E-state index in [2.05, 4.69) is 23.5 Å². The molecule has 3 rings (SSSR count). The molecule has 2 nitrogen and oxygen atoms in total. The Kier molecular flexibility index (Phi) is 2.93. The minimum Gasteiger partial charge on any atom is -0.385 e. The van der Waals surface area contributed by atoms with Crippen molar-refractivity contribution < 1.29 is 5.11 Å². The molecular formula is C15H21NO. The fourth-order valence-corrected chi connectivity index (χ4v) is 2.90. The lowest BCUT2D eigenvalue weighted by Crippen LogP contribution is -2.36. The normalized spacial score (nSPS) is 26.8. The molecule has 0 spiro atoms. The van der Waals surface area contributed by atoms with Crippen molar-refractivity contribution in [3.05, 3.63) is 35.4 Å². The van der Waals surface area contributed by atoms with Gasteiger partial charge in [0.25, 0.3) is 0 Å². The van der Waals surface area contributed by atoms with Crippen LogP contribution in [0.15, 0.2) is 24.3 Å². The summed E-state index contributed by atoms with van der Waals surface area (Å²) in [5.41, 5.74) is 2.02. The summed E-state index contributed by atoms with van der Waals surface area (Å²) in [5.74, 6) is 0. The van der Waals surface area contributed by atoms with E-state index < -0.39 is 5.60 Å². The molecule has 1 heterocycles. The second-order valence-corrected chi connectivity index (χ2v) is 5.54. The quantitative estimate of drug-likeness (QED) is 0.837. The molecule has 1 atom stereocenters. The van der Waals surface area contributed by atoms with Gasteiger partial charge in [-0.1, -0.05) is 30.7 Å². The lowest BCUT2D eigenvalue weighted by atomic mass is 9.92. The number of rotatable bonds is 3. The summed E-state index contributed by atoms with van der Waals surface area (Å²) in [5, 5.41) is 13.9. The Balaban J connectivity index is 1.77. The fourth-order valence-electron chi connectivity index (χ4n) is 2.90. The van der Waals surface area contributed by atoms with Gasteiger partial charge in [-0.25, -0.2) is 0 Å². The average Bonchev–Trinajstić information content (AvgIpc) is 3.10. The number of piperidine rings is 1. The summed E-state index contributed by atoms with van der Waals surface area (Å²) in [6.45, 7) is 1.15. The molecule has 2 heteroatoms. The van der Waals surface area contributed by atoms with Gasteiger partial charge in [0, 0.05) is 6.04 Å². The zero-order valence-corrected chi connectivity index (χ0v) is 10.3. The van der Waals surface area contributed by atoms with Gasteiger partial charge in [0.1, 0.15) is 0 Å². The molecular weight excluding hydrogens is 210 g/mol. The number of hydrogen-bond donors (Lipinski definition) is 2. The molecule has 1 aromatic carbocycles. The fraction of sp³-hybridized carbons (Fsp3) is 0.600. The molecule has 1 unspecified atom stereocenters. The molecule has 1 aromatic rings. The predicted octanol–water partition coefficient (Wildman–Crippen LogP) is 2.35. The van der Waals surface area contributed by atoms with Crippen LogP contribution in [-0.4, -0.2) is 17.7 Å². The Labute approximate surface area is 103 Å². The lowest BCUT2D eigenvalue weighted by Gasteiger charge is -2.25. The third-order valence-corrected chi connectivity index (χ3v) is 4.12. The highest BCUT2D eigenvalue weighted by atomic mass is 16.3. The molecule has 0 amide bonds. The first-order valence-corrected chi connectivity index (χ1v) is 6.82. The molecule has 2 aliphatic rings. The van der Waals surface area contributed by atoms with E-state index in [9.17, 15) is 5.11 Å². The van der Waals surface area contributed by atoms with E-state index >= 15 is 0 Å². The van der Waals surface area contributed by atoms with Crippen LogP contribution in [0.4, 0.5) is 0 Å². The van der Waals surface area contributed by atoms with E-state index in [1.807, 2.05) is 6.07 Å². The summed E-state index contributed by atoms with van der Waals surface area (Å²) >= 11 is 0. The molecule has 2 fully saturated rings. The van der Waals surface area contributed by atoms with Crippen molar-refractivity contribution >= 4 is 0 Å². The van der Waals surface area contributed by atoms with Crippen LogP contribution < -0.4 is 5.32 Å². The maximum atomic E-state index is 10.3. The van der Waals surface area contributed by atoms with Gasteiger partial charge in [-0.15, -0.1) is 0 Å². The van der Waals surface area contributed by atoms with E-state index in [0.29, 0.717) is 6.04 Å². The van der Waals surface area contributed by atoms with E-state index in [1.165, 1.54) is 30.4 Å². The molecule has 0 radical (unpaired) electrons. The Morgan fingerprint density at radius 1 is 1.24 bits per heavy atom. The summed E-state index contributed by atoms with van der Waals surface area (Å²) in [6, 6.07) is 9.02. The highest BCUT2D eigenvalue weighted by molar-refractivity contribution is 5.36. The minimum absolute atomic E-state index is 0.495. The lowest BCUT2D eigenvalue weighted by molar-refractivity contribution is 0.150. The summed E-state index contributed by atoms with van der Waals surface area (Å²) < 4.78 is 0. The standard InChI is InChI=1S/C15H21NO/c17-15(8-9-15)14-7-2-1-5-12(14)11-13-6-3-4-10-16-13/h1-2,5,7,13,16-17H,3-4,6,8-11H2. The summed E-state index contributed by atoms with van der Waals surface area (Å²) in [6.07, 6.45) is 6.85. The highest BCUT2D eigenvalue weighted by Crippen LogP contribution is 2.46. The molecule has 1 aliphatic carbocycles. The summed E-state index contributed by atoms with van der Waals surface area (Å²) in [7, 11) is 0. The number of benzene rings is 1. The van der Waals surface area contributed by atoms with E-state index in [4.69, 9.17) is 0 Å². The van der Waals surface area contributed by atoms with Crippen LogP contribution in [0.25, 0.3) is 0 Å². The Morgan fingerprint density at radius 2 is 2.06 bits per heavy atom. The van der Waals surface area contributed by atoms with Gasteiger partial charge >= 0.3 is 0 Å². The number of aliphatic hydroxyl groups is 1. The van der Waals surface area contributed by atoms with Crippen LogP contribution in [0.3, 0.4) is 0 Å². The van der Waals surface area contributed by atoms with E-state index in [0.717, 1.165) is 25.8 Å². The monoisotopic (exact) mass is 231 g/mol. The van der Waals surface area contributed by atoms with Crippen LogP contribution >= 0.6 is 0 Å². The third-order valence-electron chi connectivity index (χ3n) is 4.12. The molecule has 1 saturated heterocycles. The second kappa shape index (κ2) is 4.43. The van der Waals surface area contributed by atoms with Crippen LogP contribution in [0.5, 0.6) is 0 Å². The first kappa shape index (κ1) is 11.2. The summed E-state index contributed by atoms with van der Waals surface area (Å²) in [4.78, 5) is 0. The van der Waals surface area contributed by atoms with Crippen molar-refractivity contribution in [1.29, 1.82) is 0 Å². The molecule has 1 aliphatic heterocycles. The Hall–Kier alpha value is -0.860. The molecule has 2 N–H and O–H groups in total. The molecule has 17 heavy (non-hydrogen) atoms. The maximum absolute atomic E-state index is 10.3. The molecule has 0 aromatic heterocycles. The Bertz CT molecular complexity index is 392. The van der Waals surface area contributed by atoms with Crippen molar-refractivity contribution in [2.75, 3.05) is 6.54 Å². The minimum atomic E-state index is -0.495. The van der Waals surface area contributed by atoms with Crippen molar-refractivity contribution in [3.8, 4) is 0 Å². The SMILES string of the molecule is OC1(c2ccccc2CC2CCCCN2)CC1. The molecule has 92 valence electrons. The van der Waals surface area contributed by atoms with Gasteiger partial charge in [0.05, 0.1) is 5.60 Å². The first-order chi connectivity index (χ1) is 8.28. The number of nitrogens with one attached hydrogen (secondary N) is 1. The predicted molar refractivity (Wildman–Crippen MR) is 68.9 cm³/mol. The van der Waals surface area contributed by atoms with Gasteiger partial charge in [0.2, 0.25) is 0 Å². The molecule has 1 saturated carbocycles. The van der Waals surface area contributed by atoms with E-state index in [-0.39, 0.29) is 0 Å².